The van der Waals surface area contributed by atoms with Crippen LogP contribution in [0.1, 0.15) is 24.1 Å². The van der Waals surface area contributed by atoms with Crippen molar-refractivity contribution in [3.8, 4) is 11.5 Å². The smallest absolute Gasteiger partial charge is 0.122 e. The molecule has 2 aromatic rings. The van der Waals surface area contributed by atoms with Crippen molar-refractivity contribution in [2.24, 2.45) is 0 Å². The largest absolute Gasteiger partial charge is 0.508 e. The quantitative estimate of drug-likeness (QED) is 0.847. The molecule has 3 heteroatoms. The number of benzene rings is 2. The average molecular weight is 271 g/mol. The highest BCUT2D eigenvalue weighted by molar-refractivity contribution is 5.35. The highest BCUT2D eigenvalue weighted by Crippen LogP contribution is 2.23. The molecular weight excluding hydrogens is 250 g/mol. The fraction of sp³-hybridized carbons (Fsp3) is 0.294. The van der Waals surface area contributed by atoms with Crippen molar-refractivity contribution in [3.05, 3.63) is 59.7 Å². The van der Waals surface area contributed by atoms with Gasteiger partial charge in [-0.15, -0.1) is 0 Å². The molecule has 0 heterocycles. The molecule has 0 aliphatic rings. The number of para-hydroxylation sites is 2. The lowest BCUT2D eigenvalue weighted by atomic mass is 10.1. The van der Waals surface area contributed by atoms with Crippen LogP contribution >= 0.6 is 0 Å². The molecule has 0 spiro atoms. The second-order valence-electron chi connectivity index (χ2n) is 4.80. The van der Waals surface area contributed by atoms with Gasteiger partial charge in [0, 0.05) is 11.6 Å². The Kier molecular flexibility index (Phi) is 5.02. The van der Waals surface area contributed by atoms with E-state index in [0.717, 1.165) is 24.3 Å². The minimum atomic E-state index is 0.117. The Labute approximate surface area is 120 Å². The number of nitrogens with one attached hydrogen (secondary N) is 1. The summed E-state index contributed by atoms with van der Waals surface area (Å²) in [5.41, 5.74) is 2.11. The van der Waals surface area contributed by atoms with Crippen LogP contribution in [0.3, 0.4) is 0 Å². The van der Waals surface area contributed by atoms with Crippen molar-refractivity contribution in [1.82, 2.24) is 5.32 Å². The highest BCUT2D eigenvalue weighted by atomic mass is 16.5. The highest BCUT2D eigenvalue weighted by Gasteiger charge is 2.09. The molecule has 106 valence electrons. The number of hydrogen-bond acceptors (Lipinski definition) is 3. The Hall–Kier alpha value is -2.00. The zero-order valence-corrected chi connectivity index (χ0v) is 12.0. The van der Waals surface area contributed by atoms with Gasteiger partial charge >= 0.3 is 0 Å². The zero-order chi connectivity index (χ0) is 14.4. The maximum atomic E-state index is 9.82. The Bertz CT molecular complexity index is 554. The van der Waals surface area contributed by atoms with Gasteiger partial charge in [-0.25, -0.2) is 0 Å². The summed E-state index contributed by atoms with van der Waals surface area (Å²) >= 11 is 0. The molecule has 20 heavy (non-hydrogen) atoms. The lowest BCUT2D eigenvalue weighted by Crippen LogP contribution is -2.21. The van der Waals surface area contributed by atoms with E-state index < -0.39 is 0 Å². The first kappa shape index (κ1) is 14.4. The van der Waals surface area contributed by atoms with Gasteiger partial charge in [-0.3, -0.25) is 0 Å². The van der Waals surface area contributed by atoms with E-state index in [1.54, 1.807) is 13.2 Å². The summed E-state index contributed by atoms with van der Waals surface area (Å²) in [6.07, 6.45) is 0.891. The summed E-state index contributed by atoms with van der Waals surface area (Å²) in [6.45, 7) is 2.88. The molecule has 0 saturated heterocycles. The summed E-state index contributed by atoms with van der Waals surface area (Å²) in [6, 6.07) is 15.6. The fourth-order valence-corrected chi connectivity index (χ4v) is 2.30. The third-order valence-corrected chi connectivity index (χ3v) is 3.44. The van der Waals surface area contributed by atoms with Crippen LogP contribution in [0, 0.1) is 0 Å². The number of phenolic OH excluding ortho intramolecular Hbond substituents is 1. The van der Waals surface area contributed by atoms with E-state index in [2.05, 4.69) is 18.3 Å². The van der Waals surface area contributed by atoms with E-state index in [-0.39, 0.29) is 6.04 Å². The van der Waals surface area contributed by atoms with E-state index >= 15 is 0 Å². The summed E-state index contributed by atoms with van der Waals surface area (Å²) < 4.78 is 5.34. The molecule has 0 aliphatic heterocycles. The maximum absolute atomic E-state index is 9.82. The number of aromatic hydroxyl groups is 1. The molecule has 2 N–H and O–H groups in total. The van der Waals surface area contributed by atoms with Crippen molar-refractivity contribution in [2.75, 3.05) is 13.7 Å². The van der Waals surface area contributed by atoms with Crippen molar-refractivity contribution in [1.29, 1.82) is 0 Å². The number of rotatable bonds is 6. The summed E-state index contributed by atoms with van der Waals surface area (Å²) in [5.74, 6) is 1.26. The van der Waals surface area contributed by atoms with Gasteiger partial charge in [0.2, 0.25) is 0 Å². The van der Waals surface area contributed by atoms with Gasteiger partial charge in [0.15, 0.2) is 0 Å². The predicted octanol–water partition coefficient (Wildman–Crippen LogP) is 3.29. The van der Waals surface area contributed by atoms with Crippen LogP contribution < -0.4 is 10.1 Å². The minimum Gasteiger partial charge on any atom is -0.508 e. The normalized spacial score (nSPS) is 12.1. The lowest BCUT2D eigenvalue weighted by molar-refractivity contribution is 0.408. The van der Waals surface area contributed by atoms with Crippen molar-refractivity contribution in [3.63, 3.8) is 0 Å². The molecule has 0 amide bonds. The monoisotopic (exact) mass is 271 g/mol. The van der Waals surface area contributed by atoms with Crippen LogP contribution in [0.2, 0.25) is 0 Å². The van der Waals surface area contributed by atoms with E-state index in [4.69, 9.17) is 4.74 Å². The molecule has 0 radical (unpaired) electrons. The number of hydrogen-bond donors (Lipinski definition) is 2. The summed E-state index contributed by atoms with van der Waals surface area (Å²) in [5, 5.41) is 13.2. The Morgan fingerprint density at radius 1 is 1.10 bits per heavy atom. The van der Waals surface area contributed by atoms with Crippen LogP contribution in [0.4, 0.5) is 0 Å². The van der Waals surface area contributed by atoms with Gasteiger partial charge < -0.3 is 15.2 Å². The summed E-state index contributed by atoms with van der Waals surface area (Å²) in [4.78, 5) is 0. The van der Waals surface area contributed by atoms with Gasteiger partial charge in [0.1, 0.15) is 11.5 Å². The molecule has 2 aromatic carbocycles. The third kappa shape index (κ3) is 3.52. The van der Waals surface area contributed by atoms with E-state index in [1.807, 2.05) is 36.4 Å². The fourth-order valence-electron chi connectivity index (χ4n) is 2.30. The molecule has 0 saturated carbocycles. The van der Waals surface area contributed by atoms with Crippen LogP contribution in [-0.2, 0) is 6.42 Å². The molecule has 0 fully saturated rings. The standard InChI is InChI=1S/C17H21NO2/c1-13(15-8-4-5-9-16(15)19)18-12-11-14-7-3-6-10-17(14)20-2/h3-10,13,18-19H,11-12H2,1-2H3. The second kappa shape index (κ2) is 6.96. The van der Waals surface area contributed by atoms with Crippen LogP contribution in [-0.4, -0.2) is 18.8 Å². The van der Waals surface area contributed by atoms with Gasteiger partial charge in [-0.2, -0.15) is 0 Å². The molecule has 3 nitrogen and oxygen atoms in total. The average Bonchev–Trinajstić information content (AvgIpc) is 2.48. The van der Waals surface area contributed by atoms with Crippen molar-refractivity contribution in [2.45, 2.75) is 19.4 Å². The van der Waals surface area contributed by atoms with Crippen molar-refractivity contribution < 1.29 is 9.84 Å². The predicted molar refractivity (Wildman–Crippen MR) is 81.2 cm³/mol. The molecule has 1 unspecified atom stereocenters. The third-order valence-electron chi connectivity index (χ3n) is 3.44. The zero-order valence-electron chi connectivity index (χ0n) is 12.0. The Morgan fingerprint density at radius 2 is 1.80 bits per heavy atom. The molecule has 0 aliphatic carbocycles. The Balaban J connectivity index is 1.91. The number of methoxy groups -OCH3 is 1. The molecule has 2 rings (SSSR count). The van der Waals surface area contributed by atoms with E-state index in [0.29, 0.717) is 5.75 Å². The molecule has 0 aromatic heterocycles. The molecule has 1 atom stereocenters. The first-order chi connectivity index (χ1) is 9.72. The second-order valence-corrected chi connectivity index (χ2v) is 4.80. The Morgan fingerprint density at radius 3 is 2.55 bits per heavy atom. The lowest BCUT2D eigenvalue weighted by Gasteiger charge is -2.16. The van der Waals surface area contributed by atoms with Gasteiger partial charge in [0.25, 0.3) is 0 Å². The molecule has 0 bridgehead atoms. The van der Waals surface area contributed by atoms with Gasteiger partial charge in [-0.05, 0) is 37.6 Å². The first-order valence-electron chi connectivity index (χ1n) is 6.85. The van der Waals surface area contributed by atoms with Gasteiger partial charge in [-0.1, -0.05) is 36.4 Å². The first-order valence-corrected chi connectivity index (χ1v) is 6.85. The minimum absolute atomic E-state index is 0.117. The van der Waals surface area contributed by atoms with Crippen LogP contribution in [0.25, 0.3) is 0 Å². The van der Waals surface area contributed by atoms with Gasteiger partial charge in [0.05, 0.1) is 7.11 Å². The van der Waals surface area contributed by atoms with Crippen molar-refractivity contribution >= 4 is 0 Å². The van der Waals surface area contributed by atoms with E-state index in [9.17, 15) is 5.11 Å². The number of ether oxygens (including phenoxy) is 1. The maximum Gasteiger partial charge on any atom is 0.122 e. The molecular formula is C17H21NO2. The summed E-state index contributed by atoms with van der Waals surface area (Å²) in [7, 11) is 1.69. The SMILES string of the molecule is COc1ccccc1CCNC(C)c1ccccc1O. The topological polar surface area (TPSA) is 41.5 Å². The number of phenols is 1. The van der Waals surface area contributed by atoms with Crippen LogP contribution in [0.15, 0.2) is 48.5 Å². The van der Waals surface area contributed by atoms with Crippen LogP contribution in [0.5, 0.6) is 11.5 Å². The van der Waals surface area contributed by atoms with E-state index in [1.165, 1.54) is 5.56 Å².